The molecule has 4 nitrogen and oxygen atoms in total. The molecule has 1 amide bonds. The summed E-state index contributed by atoms with van der Waals surface area (Å²) in [5.74, 6) is 0.654. The van der Waals surface area contributed by atoms with E-state index >= 15 is 0 Å². The highest BCUT2D eigenvalue weighted by Crippen LogP contribution is 2.34. The number of benzene rings is 1. The fourth-order valence-electron chi connectivity index (χ4n) is 1.76. The Morgan fingerprint density at radius 3 is 3.19 bits per heavy atom. The van der Waals surface area contributed by atoms with Gasteiger partial charge in [-0.3, -0.25) is 4.79 Å². The summed E-state index contributed by atoms with van der Waals surface area (Å²) in [7, 11) is 0. The highest BCUT2D eigenvalue weighted by molar-refractivity contribution is 5.87. The summed E-state index contributed by atoms with van der Waals surface area (Å²) in [6.07, 6.45) is 1.92. The molecule has 1 aromatic rings. The van der Waals surface area contributed by atoms with E-state index in [0.29, 0.717) is 18.8 Å². The van der Waals surface area contributed by atoms with Gasteiger partial charge in [0, 0.05) is 12.0 Å². The standard InChI is InChI=1S/C12H13NO3/c1-2-12(15)13-10-5-6-16-11-4-3-8(14)7-9(10)11/h2-4,7,10,14H,1,5-6H2,(H,13,15)/t10-/m0/s1. The van der Waals surface area contributed by atoms with E-state index in [-0.39, 0.29) is 17.7 Å². The van der Waals surface area contributed by atoms with Crippen LogP contribution in [0.3, 0.4) is 0 Å². The molecule has 0 saturated heterocycles. The molecule has 0 aliphatic carbocycles. The average molecular weight is 219 g/mol. The third-order valence-corrected chi connectivity index (χ3v) is 2.53. The van der Waals surface area contributed by atoms with E-state index in [4.69, 9.17) is 4.74 Å². The monoisotopic (exact) mass is 219 g/mol. The van der Waals surface area contributed by atoms with Crippen molar-refractivity contribution in [3.05, 3.63) is 36.4 Å². The molecule has 2 rings (SSSR count). The van der Waals surface area contributed by atoms with Gasteiger partial charge in [-0.15, -0.1) is 0 Å². The van der Waals surface area contributed by atoms with Crippen LogP contribution in [-0.2, 0) is 4.79 Å². The molecule has 16 heavy (non-hydrogen) atoms. The van der Waals surface area contributed by atoms with Crippen LogP contribution in [0.4, 0.5) is 0 Å². The molecule has 4 heteroatoms. The van der Waals surface area contributed by atoms with Crippen LogP contribution in [-0.4, -0.2) is 17.6 Å². The lowest BCUT2D eigenvalue weighted by Crippen LogP contribution is -2.30. The molecule has 1 aliphatic rings. The number of ether oxygens (including phenoxy) is 1. The van der Waals surface area contributed by atoms with Crippen molar-refractivity contribution < 1.29 is 14.6 Å². The van der Waals surface area contributed by atoms with Crippen molar-refractivity contribution in [1.29, 1.82) is 0 Å². The molecule has 2 N–H and O–H groups in total. The topological polar surface area (TPSA) is 58.6 Å². The summed E-state index contributed by atoms with van der Waals surface area (Å²) in [6.45, 7) is 3.96. The molecule has 0 unspecified atom stereocenters. The number of amides is 1. The van der Waals surface area contributed by atoms with Crippen molar-refractivity contribution in [3.63, 3.8) is 0 Å². The van der Waals surface area contributed by atoms with E-state index in [1.54, 1.807) is 18.2 Å². The van der Waals surface area contributed by atoms with Crippen LogP contribution < -0.4 is 10.1 Å². The van der Waals surface area contributed by atoms with Crippen molar-refractivity contribution in [2.75, 3.05) is 6.61 Å². The molecule has 0 bridgehead atoms. The zero-order valence-corrected chi connectivity index (χ0v) is 8.77. The van der Waals surface area contributed by atoms with E-state index in [0.717, 1.165) is 5.56 Å². The van der Waals surface area contributed by atoms with E-state index < -0.39 is 0 Å². The lowest BCUT2D eigenvalue weighted by atomic mass is 10.00. The summed E-state index contributed by atoms with van der Waals surface area (Å²) in [5.41, 5.74) is 0.807. The Kier molecular flexibility index (Phi) is 2.81. The Balaban J connectivity index is 2.28. The Labute approximate surface area is 93.5 Å². The van der Waals surface area contributed by atoms with Crippen LogP contribution in [0.25, 0.3) is 0 Å². The number of phenolic OH excluding ortho intramolecular Hbond substituents is 1. The summed E-state index contributed by atoms with van der Waals surface area (Å²) in [4.78, 5) is 11.2. The Bertz CT molecular complexity index is 428. The SMILES string of the molecule is C=CC(=O)N[C@H]1CCOc2ccc(O)cc21. The van der Waals surface area contributed by atoms with E-state index in [2.05, 4.69) is 11.9 Å². The minimum absolute atomic E-state index is 0.124. The number of hydrogen-bond donors (Lipinski definition) is 2. The van der Waals surface area contributed by atoms with E-state index in [1.165, 1.54) is 6.08 Å². The predicted octanol–water partition coefficient (Wildman–Crippen LogP) is 1.52. The quantitative estimate of drug-likeness (QED) is 0.741. The third kappa shape index (κ3) is 2.00. The van der Waals surface area contributed by atoms with Gasteiger partial charge in [0.25, 0.3) is 0 Å². The largest absolute Gasteiger partial charge is 0.508 e. The zero-order valence-electron chi connectivity index (χ0n) is 8.77. The maximum atomic E-state index is 11.2. The first-order chi connectivity index (χ1) is 7.70. The average Bonchev–Trinajstić information content (AvgIpc) is 2.29. The molecule has 0 aromatic heterocycles. The van der Waals surface area contributed by atoms with Gasteiger partial charge in [-0.2, -0.15) is 0 Å². The van der Waals surface area contributed by atoms with Crippen LogP contribution in [0.2, 0.25) is 0 Å². The first-order valence-electron chi connectivity index (χ1n) is 5.09. The number of carbonyl (C=O) groups excluding carboxylic acids is 1. The second kappa shape index (κ2) is 4.26. The third-order valence-electron chi connectivity index (χ3n) is 2.53. The smallest absolute Gasteiger partial charge is 0.243 e. The van der Waals surface area contributed by atoms with Gasteiger partial charge in [-0.1, -0.05) is 6.58 Å². The number of rotatable bonds is 2. The molecule has 1 atom stereocenters. The normalized spacial score (nSPS) is 18.1. The number of phenols is 1. The molecule has 0 radical (unpaired) electrons. The summed E-state index contributed by atoms with van der Waals surface area (Å²) in [6, 6.07) is 4.76. The highest BCUT2D eigenvalue weighted by Gasteiger charge is 2.22. The number of hydrogen-bond acceptors (Lipinski definition) is 3. The Morgan fingerprint density at radius 1 is 1.62 bits per heavy atom. The molecule has 1 aliphatic heterocycles. The van der Waals surface area contributed by atoms with Crippen LogP contribution in [0.1, 0.15) is 18.0 Å². The second-order valence-corrected chi connectivity index (χ2v) is 3.62. The molecular weight excluding hydrogens is 206 g/mol. The first-order valence-corrected chi connectivity index (χ1v) is 5.09. The first kappa shape index (κ1) is 10.5. The van der Waals surface area contributed by atoms with Crippen molar-refractivity contribution in [2.24, 2.45) is 0 Å². The number of carbonyl (C=O) groups is 1. The van der Waals surface area contributed by atoms with Crippen LogP contribution in [0.15, 0.2) is 30.9 Å². The van der Waals surface area contributed by atoms with Crippen LogP contribution in [0.5, 0.6) is 11.5 Å². The van der Waals surface area contributed by atoms with Crippen LogP contribution >= 0.6 is 0 Å². The lowest BCUT2D eigenvalue weighted by molar-refractivity contribution is -0.117. The van der Waals surface area contributed by atoms with Gasteiger partial charge < -0.3 is 15.2 Å². The van der Waals surface area contributed by atoms with Crippen molar-refractivity contribution in [3.8, 4) is 11.5 Å². The minimum atomic E-state index is -0.221. The maximum Gasteiger partial charge on any atom is 0.243 e. The van der Waals surface area contributed by atoms with Gasteiger partial charge in [0.05, 0.1) is 12.6 Å². The van der Waals surface area contributed by atoms with Crippen LogP contribution in [0, 0.1) is 0 Å². The molecule has 1 aromatic carbocycles. The van der Waals surface area contributed by atoms with Gasteiger partial charge in [0.1, 0.15) is 11.5 Å². The van der Waals surface area contributed by atoms with Gasteiger partial charge in [0.15, 0.2) is 0 Å². The van der Waals surface area contributed by atoms with Gasteiger partial charge in [0.2, 0.25) is 5.91 Å². The fourth-order valence-corrected chi connectivity index (χ4v) is 1.76. The summed E-state index contributed by atoms with van der Waals surface area (Å²) >= 11 is 0. The van der Waals surface area contributed by atoms with Gasteiger partial charge in [-0.25, -0.2) is 0 Å². The van der Waals surface area contributed by atoms with E-state index in [9.17, 15) is 9.90 Å². The number of nitrogens with one attached hydrogen (secondary N) is 1. The Morgan fingerprint density at radius 2 is 2.44 bits per heavy atom. The lowest BCUT2D eigenvalue weighted by Gasteiger charge is -2.26. The fraction of sp³-hybridized carbons (Fsp3) is 0.250. The molecule has 0 spiro atoms. The second-order valence-electron chi connectivity index (χ2n) is 3.62. The minimum Gasteiger partial charge on any atom is -0.508 e. The highest BCUT2D eigenvalue weighted by atomic mass is 16.5. The van der Waals surface area contributed by atoms with Crippen molar-refractivity contribution in [2.45, 2.75) is 12.5 Å². The molecule has 0 saturated carbocycles. The molecule has 84 valence electrons. The molecule has 0 fully saturated rings. The summed E-state index contributed by atoms with van der Waals surface area (Å²) < 4.78 is 5.44. The summed E-state index contributed by atoms with van der Waals surface area (Å²) in [5, 5.41) is 12.2. The van der Waals surface area contributed by atoms with Crippen molar-refractivity contribution >= 4 is 5.91 Å². The van der Waals surface area contributed by atoms with E-state index in [1.807, 2.05) is 0 Å². The maximum absolute atomic E-state index is 11.2. The predicted molar refractivity (Wildman–Crippen MR) is 59.3 cm³/mol. The molecule has 1 heterocycles. The number of fused-ring (bicyclic) bond motifs is 1. The van der Waals surface area contributed by atoms with Gasteiger partial charge in [-0.05, 0) is 24.3 Å². The molecular formula is C12H13NO3. The number of aromatic hydroxyl groups is 1. The van der Waals surface area contributed by atoms with Gasteiger partial charge >= 0.3 is 0 Å². The van der Waals surface area contributed by atoms with Crippen molar-refractivity contribution in [1.82, 2.24) is 5.32 Å². The Hall–Kier alpha value is -1.97. The zero-order chi connectivity index (χ0) is 11.5.